The Labute approximate surface area is 58.6 Å². The molecule has 0 saturated carbocycles. The lowest BCUT2D eigenvalue weighted by molar-refractivity contribution is -0.110. The second-order valence-electron chi connectivity index (χ2n) is 2.24. The second kappa shape index (κ2) is 4.55. The predicted octanol–water partition coefficient (Wildman–Crippen LogP) is 1.94. The quantitative estimate of drug-likeness (QED) is 0.563. The van der Waals surface area contributed by atoms with Crippen LogP contribution in [0.5, 0.6) is 0 Å². The first kappa shape index (κ1) is 9.75. The van der Waals surface area contributed by atoms with Crippen LogP contribution in [0.2, 0.25) is 0 Å². The zero-order valence-electron chi connectivity index (χ0n) is 5.96. The highest BCUT2D eigenvalue weighted by Gasteiger charge is 2.15. The molecule has 4 heteroatoms. The molecule has 0 amide bonds. The predicted molar refractivity (Wildman–Crippen MR) is 33.8 cm³/mol. The van der Waals surface area contributed by atoms with Crippen LogP contribution in [-0.2, 0) is 0 Å². The molecule has 10 heavy (non-hydrogen) atoms. The van der Waals surface area contributed by atoms with Crippen LogP contribution in [0.25, 0.3) is 0 Å². The minimum atomic E-state index is -4.00. The summed E-state index contributed by atoms with van der Waals surface area (Å²) < 4.78 is 31.1. The van der Waals surface area contributed by atoms with E-state index in [9.17, 15) is 13.2 Å². The monoisotopic (exact) mass is 155 g/mol. The molecule has 0 aromatic rings. The van der Waals surface area contributed by atoms with Crippen molar-refractivity contribution >= 4 is 0 Å². The van der Waals surface area contributed by atoms with Crippen LogP contribution in [0.15, 0.2) is 0 Å². The molecule has 0 spiro atoms. The van der Waals surface area contributed by atoms with Gasteiger partial charge in [0.15, 0.2) is 0 Å². The second-order valence-corrected chi connectivity index (χ2v) is 2.24. The smallest absolute Gasteiger partial charge is 0.317 e. The standard InChI is InChI=1S/C4H9N.C2H3F3/c1-2-4-5-3-1;1-2(3,4)5/h5H,1-4H2;1H3. The van der Waals surface area contributed by atoms with Gasteiger partial charge in [0, 0.05) is 6.92 Å². The fraction of sp³-hybridized carbons (Fsp3) is 1.00. The van der Waals surface area contributed by atoms with Gasteiger partial charge in [-0.15, -0.1) is 0 Å². The lowest BCUT2D eigenvalue weighted by atomic mass is 10.4. The molecule has 0 unspecified atom stereocenters. The molecular formula is C6H12F3N. The highest BCUT2D eigenvalue weighted by Crippen LogP contribution is 2.10. The van der Waals surface area contributed by atoms with Crippen LogP contribution in [0.4, 0.5) is 13.2 Å². The molecular weight excluding hydrogens is 143 g/mol. The molecule has 1 aliphatic heterocycles. The third-order valence-corrected chi connectivity index (χ3v) is 0.957. The van der Waals surface area contributed by atoms with Crippen molar-refractivity contribution in [3.8, 4) is 0 Å². The lowest BCUT2D eigenvalue weighted by Crippen LogP contribution is -2.03. The fourth-order valence-electron chi connectivity index (χ4n) is 0.625. The van der Waals surface area contributed by atoms with Crippen LogP contribution >= 0.6 is 0 Å². The maximum atomic E-state index is 10.4. The van der Waals surface area contributed by atoms with Gasteiger partial charge < -0.3 is 5.32 Å². The van der Waals surface area contributed by atoms with Crippen molar-refractivity contribution < 1.29 is 13.2 Å². The molecule has 1 saturated heterocycles. The molecule has 1 nitrogen and oxygen atoms in total. The van der Waals surface area contributed by atoms with Crippen molar-refractivity contribution in [2.75, 3.05) is 13.1 Å². The van der Waals surface area contributed by atoms with Gasteiger partial charge in [0.1, 0.15) is 0 Å². The zero-order valence-corrected chi connectivity index (χ0v) is 5.96. The molecule has 0 bridgehead atoms. The van der Waals surface area contributed by atoms with E-state index in [4.69, 9.17) is 0 Å². The lowest BCUT2D eigenvalue weighted by Gasteiger charge is -1.88. The molecule has 1 N–H and O–H groups in total. The van der Waals surface area contributed by atoms with Crippen LogP contribution < -0.4 is 5.32 Å². The molecule has 62 valence electrons. The van der Waals surface area contributed by atoms with Crippen molar-refractivity contribution in [3.05, 3.63) is 0 Å². The molecule has 1 rings (SSSR count). The SMILES string of the molecule is C1CCNC1.CC(F)(F)F. The number of hydrogen-bond donors (Lipinski definition) is 1. The van der Waals surface area contributed by atoms with Gasteiger partial charge >= 0.3 is 6.18 Å². The summed E-state index contributed by atoms with van der Waals surface area (Å²) in [7, 11) is 0. The molecule has 0 atom stereocenters. The number of alkyl halides is 3. The van der Waals surface area contributed by atoms with E-state index in [0.717, 1.165) is 0 Å². The van der Waals surface area contributed by atoms with Gasteiger partial charge in [-0.3, -0.25) is 0 Å². The van der Waals surface area contributed by atoms with Crippen LogP contribution in [0.3, 0.4) is 0 Å². The normalized spacial score (nSPS) is 18.0. The molecule has 0 aromatic carbocycles. The van der Waals surface area contributed by atoms with Gasteiger partial charge in [0.2, 0.25) is 0 Å². The minimum absolute atomic E-state index is 0.188. The molecule has 1 heterocycles. The third kappa shape index (κ3) is 15.7. The van der Waals surface area contributed by atoms with E-state index in [2.05, 4.69) is 5.32 Å². The van der Waals surface area contributed by atoms with E-state index >= 15 is 0 Å². The number of halogens is 3. The van der Waals surface area contributed by atoms with Gasteiger partial charge in [0.05, 0.1) is 0 Å². The Balaban J connectivity index is 0.000000162. The van der Waals surface area contributed by atoms with E-state index in [0.29, 0.717) is 0 Å². The first-order valence-corrected chi connectivity index (χ1v) is 3.27. The Bertz CT molecular complexity index is 61.9. The first-order valence-electron chi connectivity index (χ1n) is 3.27. The van der Waals surface area contributed by atoms with Crippen LogP contribution in [-0.4, -0.2) is 19.3 Å². The van der Waals surface area contributed by atoms with E-state index in [1.807, 2.05) is 0 Å². The maximum Gasteiger partial charge on any atom is 0.386 e. The third-order valence-electron chi connectivity index (χ3n) is 0.957. The van der Waals surface area contributed by atoms with Gasteiger partial charge in [-0.25, -0.2) is 0 Å². The Morgan fingerprint density at radius 1 is 1.10 bits per heavy atom. The Hall–Kier alpha value is -0.250. The molecule has 0 aliphatic carbocycles. The Kier molecular flexibility index (Phi) is 4.43. The Morgan fingerprint density at radius 3 is 1.50 bits per heavy atom. The fourth-order valence-corrected chi connectivity index (χ4v) is 0.625. The molecule has 0 aromatic heterocycles. The molecule has 1 fully saturated rings. The molecule has 0 radical (unpaired) electrons. The topological polar surface area (TPSA) is 12.0 Å². The van der Waals surface area contributed by atoms with E-state index < -0.39 is 6.18 Å². The summed E-state index contributed by atoms with van der Waals surface area (Å²) in [6.07, 6.45) is -1.22. The largest absolute Gasteiger partial charge is 0.386 e. The van der Waals surface area contributed by atoms with Crippen molar-refractivity contribution in [1.29, 1.82) is 0 Å². The number of nitrogens with one attached hydrogen (secondary N) is 1. The average Bonchev–Trinajstić information content (AvgIpc) is 2.07. The van der Waals surface area contributed by atoms with E-state index in [1.54, 1.807) is 0 Å². The summed E-state index contributed by atoms with van der Waals surface area (Å²) >= 11 is 0. The van der Waals surface area contributed by atoms with Crippen LogP contribution in [0, 0.1) is 0 Å². The van der Waals surface area contributed by atoms with Crippen LogP contribution in [0.1, 0.15) is 19.8 Å². The highest BCUT2D eigenvalue weighted by molar-refractivity contribution is 4.55. The maximum absolute atomic E-state index is 10.4. The summed E-state index contributed by atoms with van der Waals surface area (Å²) in [4.78, 5) is 0. The number of hydrogen-bond acceptors (Lipinski definition) is 1. The van der Waals surface area contributed by atoms with E-state index in [-0.39, 0.29) is 6.92 Å². The summed E-state index contributed by atoms with van der Waals surface area (Å²) in [6, 6.07) is 0. The summed E-state index contributed by atoms with van der Waals surface area (Å²) in [5.74, 6) is 0. The Morgan fingerprint density at radius 2 is 1.40 bits per heavy atom. The van der Waals surface area contributed by atoms with Gasteiger partial charge in [-0.05, 0) is 25.9 Å². The van der Waals surface area contributed by atoms with Crippen molar-refractivity contribution in [3.63, 3.8) is 0 Å². The van der Waals surface area contributed by atoms with Crippen molar-refractivity contribution in [2.45, 2.75) is 25.9 Å². The van der Waals surface area contributed by atoms with E-state index in [1.165, 1.54) is 25.9 Å². The average molecular weight is 155 g/mol. The molecule has 1 aliphatic rings. The van der Waals surface area contributed by atoms with Crippen molar-refractivity contribution in [1.82, 2.24) is 5.32 Å². The van der Waals surface area contributed by atoms with Crippen molar-refractivity contribution in [2.24, 2.45) is 0 Å². The van der Waals surface area contributed by atoms with Gasteiger partial charge in [-0.2, -0.15) is 13.2 Å². The minimum Gasteiger partial charge on any atom is -0.317 e. The van der Waals surface area contributed by atoms with Gasteiger partial charge in [-0.1, -0.05) is 0 Å². The van der Waals surface area contributed by atoms with Gasteiger partial charge in [0.25, 0.3) is 0 Å². The highest BCUT2D eigenvalue weighted by atomic mass is 19.4. The number of rotatable bonds is 0. The zero-order chi connectivity index (χ0) is 8.04. The summed E-state index contributed by atoms with van der Waals surface area (Å²) in [6.45, 7) is 2.69. The summed E-state index contributed by atoms with van der Waals surface area (Å²) in [5, 5.41) is 3.22. The summed E-state index contributed by atoms with van der Waals surface area (Å²) in [5.41, 5.74) is 0. The first-order chi connectivity index (χ1) is 4.50.